The zero-order chi connectivity index (χ0) is 22.9. The van der Waals surface area contributed by atoms with E-state index >= 15 is 0 Å². The lowest BCUT2D eigenvalue weighted by Gasteiger charge is -2.43. The van der Waals surface area contributed by atoms with Crippen LogP contribution < -0.4 is 10.6 Å². The Balaban J connectivity index is 1.19. The molecule has 174 valence electrons. The number of amides is 1. The Morgan fingerprint density at radius 3 is 2.61 bits per heavy atom. The summed E-state index contributed by atoms with van der Waals surface area (Å²) in [5, 5.41) is 6.36. The van der Waals surface area contributed by atoms with E-state index < -0.39 is 10.0 Å². The van der Waals surface area contributed by atoms with E-state index in [1.165, 1.54) is 12.8 Å². The Morgan fingerprint density at radius 1 is 1.09 bits per heavy atom. The Hall–Kier alpha value is -2.75. The van der Waals surface area contributed by atoms with Crippen molar-refractivity contribution in [3.63, 3.8) is 0 Å². The molecule has 2 saturated heterocycles. The molecular formula is C24H29N5O3S. The Morgan fingerprint density at radius 2 is 1.88 bits per heavy atom. The molecule has 3 aromatic rings. The highest BCUT2D eigenvalue weighted by molar-refractivity contribution is 7.89. The molecule has 0 atom stereocenters. The second-order valence-corrected chi connectivity index (χ2v) is 11.1. The van der Waals surface area contributed by atoms with E-state index in [0.717, 1.165) is 37.1 Å². The van der Waals surface area contributed by atoms with Gasteiger partial charge in [-0.3, -0.25) is 4.79 Å². The van der Waals surface area contributed by atoms with Gasteiger partial charge in [-0.15, -0.1) is 0 Å². The highest BCUT2D eigenvalue weighted by atomic mass is 32.2. The average molecular weight is 468 g/mol. The minimum Gasteiger partial charge on any atom is -0.348 e. The predicted octanol–water partition coefficient (Wildman–Crippen LogP) is 2.42. The van der Waals surface area contributed by atoms with Crippen LogP contribution in [0.4, 0.5) is 0 Å². The molecule has 2 aliphatic heterocycles. The molecule has 2 aromatic heterocycles. The average Bonchev–Trinajstić information content (AvgIpc) is 3.32. The van der Waals surface area contributed by atoms with Gasteiger partial charge in [-0.1, -0.05) is 12.1 Å². The Bertz CT molecular complexity index is 1240. The summed E-state index contributed by atoms with van der Waals surface area (Å²) in [7, 11) is -3.51. The molecule has 2 aliphatic rings. The highest BCUT2D eigenvalue weighted by Gasteiger charge is 2.39. The summed E-state index contributed by atoms with van der Waals surface area (Å²) >= 11 is 0. The van der Waals surface area contributed by atoms with E-state index in [2.05, 4.69) is 15.6 Å². The van der Waals surface area contributed by atoms with Gasteiger partial charge in [-0.25, -0.2) is 13.4 Å². The number of nitrogens with zero attached hydrogens (tertiary/aromatic N) is 3. The summed E-state index contributed by atoms with van der Waals surface area (Å²) in [4.78, 5) is 17.0. The van der Waals surface area contributed by atoms with E-state index in [1.807, 2.05) is 0 Å². The molecule has 2 N–H and O–H groups in total. The number of sulfonamides is 1. The fraction of sp³-hybridized carbons (Fsp3) is 0.417. The highest BCUT2D eigenvalue weighted by Crippen LogP contribution is 2.38. The third-order valence-corrected chi connectivity index (χ3v) is 8.92. The molecule has 0 saturated carbocycles. The van der Waals surface area contributed by atoms with Crippen molar-refractivity contribution in [1.29, 1.82) is 0 Å². The number of imidazole rings is 1. The first kappa shape index (κ1) is 22.1. The van der Waals surface area contributed by atoms with Crippen molar-refractivity contribution in [3.8, 4) is 0 Å². The van der Waals surface area contributed by atoms with Crippen molar-refractivity contribution in [1.82, 2.24) is 24.3 Å². The van der Waals surface area contributed by atoms with E-state index in [-0.39, 0.29) is 11.3 Å². The lowest BCUT2D eigenvalue weighted by Crippen LogP contribution is -2.49. The molecule has 1 spiro atoms. The van der Waals surface area contributed by atoms with Crippen molar-refractivity contribution in [2.45, 2.75) is 37.1 Å². The molecule has 2 fully saturated rings. The lowest BCUT2D eigenvalue weighted by molar-refractivity contribution is 0.0950. The number of rotatable bonds is 5. The van der Waals surface area contributed by atoms with Crippen LogP contribution in [0.1, 0.15) is 41.6 Å². The number of nitrogens with one attached hydrogen (secondary N) is 2. The molecule has 4 heterocycles. The normalized spacial score (nSPS) is 19.0. The number of carbonyl (C=O) groups excluding carboxylic acids is 1. The van der Waals surface area contributed by atoms with Gasteiger partial charge in [-0.05, 0) is 67.5 Å². The van der Waals surface area contributed by atoms with E-state index in [1.54, 1.807) is 63.7 Å². The van der Waals surface area contributed by atoms with Crippen molar-refractivity contribution < 1.29 is 13.2 Å². The number of pyridine rings is 1. The largest absolute Gasteiger partial charge is 0.348 e. The summed E-state index contributed by atoms with van der Waals surface area (Å²) in [5.41, 5.74) is 2.42. The molecule has 1 amide bonds. The van der Waals surface area contributed by atoms with Crippen molar-refractivity contribution in [2.75, 3.05) is 26.2 Å². The maximum atomic E-state index is 13.1. The second kappa shape index (κ2) is 8.89. The monoisotopic (exact) mass is 467 g/mol. The summed E-state index contributed by atoms with van der Waals surface area (Å²) in [6.45, 7) is 3.53. The summed E-state index contributed by atoms with van der Waals surface area (Å²) in [5.74, 6) is -0.193. The van der Waals surface area contributed by atoms with Gasteiger partial charge >= 0.3 is 0 Å². The first-order chi connectivity index (χ1) is 16.0. The molecule has 33 heavy (non-hydrogen) atoms. The number of carbonyl (C=O) groups is 1. The summed E-state index contributed by atoms with van der Waals surface area (Å²) in [6, 6.07) is 10.3. The first-order valence-electron chi connectivity index (χ1n) is 11.5. The molecule has 0 bridgehead atoms. The van der Waals surface area contributed by atoms with E-state index in [0.29, 0.717) is 30.1 Å². The van der Waals surface area contributed by atoms with Crippen LogP contribution >= 0.6 is 0 Å². The van der Waals surface area contributed by atoms with Crippen molar-refractivity contribution in [3.05, 3.63) is 66.1 Å². The molecule has 0 aliphatic carbocycles. The Labute approximate surface area is 194 Å². The fourth-order valence-electron chi connectivity index (χ4n) is 4.93. The number of hydrogen-bond donors (Lipinski definition) is 2. The number of hydrogen-bond acceptors (Lipinski definition) is 5. The van der Waals surface area contributed by atoms with Crippen LogP contribution in [0.25, 0.3) is 5.65 Å². The molecule has 1 aromatic carbocycles. The Kier molecular flexibility index (Phi) is 5.94. The third-order valence-electron chi connectivity index (χ3n) is 7.01. The fourth-order valence-corrected chi connectivity index (χ4v) is 6.37. The van der Waals surface area contributed by atoms with Crippen LogP contribution in [0.2, 0.25) is 0 Å². The third kappa shape index (κ3) is 4.53. The molecule has 0 radical (unpaired) electrons. The van der Waals surface area contributed by atoms with Gasteiger partial charge in [0.15, 0.2) is 0 Å². The van der Waals surface area contributed by atoms with Gasteiger partial charge in [0.2, 0.25) is 10.0 Å². The SMILES string of the molecule is O=C(NCc1ccc(S(=O)(=O)N2CCC3(CCCNC3)CC2)cc1)c1ccc2nccn2c1. The van der Waals surface area contributed by atoms with Gasteiger partial charge in [-0.2, -0.15) is 4.31 Å². The molecule has 0 unspecified atom stereocenters. The summed E-state index contributed by atoms with van der Waals surface area (Å²) in [6.07, 6.45) is 9.39. The minimum atomic E-state index is -3.51. The smallest absolute Gasteiger partial charge is 0.253 e. The van der Waals surface area contributed by atoms with Crippen LogP contribution in [0, 0.1) is 5.41 Å². The zero-order valence-corrected chi connectivity index (χ0v) is 19.4. The maximum Gasteiger partial charge on any atom is 0.253 e. The van der Waals surface area contributed by atoms with E-state index in [4.69, 9.17) is 0 Å². The van der Waals surface area contributed by atoms with Gasteiger partial charge < -0.3 is 15.0 Å². The second-order valence-electron chi connectivity index (χ2n) is 9.12. The van der Waals surface area contributed by atoms with Crippen LogP contribution in [-0.4, -0.2) is 54.2 Å². The van der Waals surface area contributed by atoms with Crippen molar-refractivity contribution >= 4 is 21.6 Å². The van der Waals surface area contributed by atoms with E-state index in [9.17, 15) is 13.2 Å². The predicted molar refractivity (Wildman–Crippen MR) is 125 cm³/mol. The molecular weight excluding hydrogens is 438 g/mol. The molecule has 9 heteroatoms. The topological polar surface area (TPSA) is 95.8 Å². The first-order valence-corrected chi connectivity index (χ1v) is 12.9. The van der Waals surface area contributed by atoms with Gasteiger partial charge in [0.1, 0.15) is 5.65 Å². The minimum absolute atomic E-state index is 0.193. The van der Waals surface area contributed by atoms with Crippen LogP contribution in [0.5, 0.6) is 0 Å². The van der Waals surface area contributed by atoms with Gasteiger partial charge in [0.05, 0.1) is 10.5 Å². The molecule has 8 nitrogen and oxygen atoms in total. The lowest BCUT2D eigenvalue weighted by atomic mass is 9.73. The van der Waals surface area contributed by atoms with Crippen LogP contribution in [0.3, 0.4) is 0 Å². The number of fused-ring (bicyclic) bond motifs is 1. The molecule has 5 rings (SSSR count). The summed E-state index contributed by atoms with van der Waals surface area (Å²) < 4.78 is 29.7. The number of piperidine rings is 2. The van der Waals surface area contributed by atoms with Gasteiger partial charge in [0, 0.05) is 44.8 Å². The quantitative estimate of drug-likeness (QED) is 0.601. The number of benzene rings is 1. The van der Waals surface area contributed by atoms with Gasteiger partial charge in [0.25, 0.3) is 5.91 Å². The van der Waals surface area contributed by atoms with Crippen LogP contribution in [-0.2, 0) is 16.6 Å². The maximum absolute atomic E-state index is 13.1. The zero-order valence-electron chi connectivity index (χ0n) is 18.5. The van der Waals surface area contributed by atoms with Crippen molar-refractivity contribution in [2.24, 2.45) is 5.41 Å². The van der Waals surface area contributed by atoms with Crippen LogP contribution in [0.15, 0.2) is 59.9 Å². The number of aromatic nitrogens is 2. The standard InChI is InChI=1S/C24H29N5O3S/c30-23(20-4-7-22-26-12-15-28(22)17-20)27-16-19-2-5-21(6-3-19)33(31,32)29-13-9-24(10-14-29)8-1-11-25-18-24/h2-7,12,15,17,25H,1,8-11,13-14,16,18H2,(H,27,30).